The molecule has 10 heavy (non-hydrogen) atoms. The van der Waals surface area contributed by atoms with Gasteiger partial charge in [-0.15, -0.1) is 0 Å². The van der Waals surface area contributed by atoms with Crippen LogP contribution in [0, 0.1) is 0 Å². The average molecular weight is 265 g/mol. The molecule has 0 N–H and O–H groups in total. The van der Waals surface area contributed by atoms with Gasteiger partial charge >= 0.3 is 76.2 Å². The summed E-state index contributed by atoms with van der Waals surface area (Å²) in [5.74, 6) is 0. The van der Waals surface area contributed by atoms with Crippen molar-refractivity contribution in [2.24, 2.45) is 0 Å². The van der Waals surface area contributed by atoms with Crippen LogP contribution < -0.4 is 0 Å². The van der Waals surface area contributed by atoms with Crippen LogP contribution in [0.5, 0.6) is 0 Å². The molecular formula is C7H18OSiSn. The van der Waals surface area contributed by atoms with E-state index in [1.54, 1.807) is 4.44 Å². The molecule has 3 heteroatoms. The Morgan fingerprint density at radius 3 is 2.70 bits per heavy atom. The first kappa shape index (κ1) is 11.0. The Balaban J connectivity index is 2.65. The van der Waals surface area contributed by atoms with Gasteiger partial charge in [0.25, 0.3) is 0 Å². The predicted molar refractivity (Wildman–Crippen MR) is 50.3 cm³/mol. The van der Waals surface area contributed by atoms with E-state index in [2.05, 4.69) is 13.8 Å². The molecule has 0 amide bonds. The van der Waals surface area contributed by atoms with Crippen molar-refractivity contribution in [3.63, 3.8) is 0 Å². The van der Waals surface area contributed by atoms with Crippen LogP contribution in [-0.2, 0) is 4.43 Å². The van der Waals surface area contributed by atoms with E-state index < -0.39 is 0 Å². The second-order valence-corrected chi connectivity index (χ2v) is 11.8. The summed E-state index contributed by atoms with van der Waals surface area (Å²) in [5, 5.41) is 0. The Bertz CT molecular complexity index is 53.6. The molecule has 0 atom stereocenters. The van der Waals surface area contributed by atoms with Crippen molar-refractivity contribution in [3.05, 3.63) is 0 Å². The molecule has 0 fully saturated rings. The van der Waals surface area contributed by atoms with Crippen molar-refractivity contribution in [1.29, 1.82) is 0 Å². The van der Waals surface area contributed by atoms with Crippen LogP contribution in [-0.4, -0.2) is 34.2 Å². The van der Waals surface area contributed by atoms with E-state index >= 15 is 0 Å². The Morgan fingerprint density at radius 2 is 2.10 bits per heavy atom. The van der Waals surface area contributed by atoms with Crippen LogP contribution in [0.1, 0.15) is 33.1 Å². The zero-order chi connectivity index (χ0) is 7.66. The van der Waals surface area contributed by atoms with E-state index in [9.17, 15) is 0 Å². The maximum atomic E-state index is 5.59. The monoisotopic (exact) mass is 266 g/mol. The first-order valence-electron chi connectivity index (χ1n) is 4.20. The Hall–Kier alpha value is 0.976. The standard InChI is InChI=1S/C4H11OSi.C3H7.Sn/c1-2-3-4-5-6;1-3-2;/h2-4,6H2,1H3;1,3H2,2H3;. The van der Waals surface area contributed by atoms with Gasteiger partial charge in [-0.25, -0.2) is 0 Å². The molecule has 0 aromatic heterocycles. The summed E-state index contributed by atoms with van der Waals surface area (Å²) >= 11 is 0.0591. The third-order valence-corrected chi connectivity index (χ3v) is 10.3. The van der Waals surface area contributed by atoms with Crippen molar-refractivity contribution in [2.45, 2.75) is 37.5 Å². The molecule has 2 radical (unpaired) electrons. The molecule has 0 aliphatic rings. The van der Waals surface area contributed by atoms with Gasteiger partial charge in [0.1, 0.15) is 0 Å². The summed E-state index contributed by atoms with van der Waals surface area (Å²) in [6.45, 7) is 5.56. The molecule has 0 aliphatic carbocycles. The molecule has 0 spiro atoms. The van der Waals surface area contributed by atoms with Crippen molar-refractivity contribution in [3.8, 4) is 0 Å². The quantitative estimate of drug-likeness (QED) is 0.498. The van der Waals surface area contributed by atoms with Gasteiger partial charge in [-0.05, 0) is 0 Å². The van der Waals surface area contributed by atoms with Crippen LogP contribution in [0.2, 0.25) is 4.44 Å². The number of hydrogen-bond donors (Lipinski definition) is 0. The molecule has 0 rings (SSSR count). The molecule has 0 bridgehead atoms. The molecule has 0 heterocycles. The second kappa shape index (κ2) is 9.98. The van der Waals surface area contributed by atoms with Crippen molar-refractivity contribution >= 4 is 27.6 Å². The van der Waals surface area contributed by atoms with E-state index in [-0.39, 0.29) is 27.6 Å². The zero-order valence-corrected chi connectivity index (χ0v) is 11.4. The van der Waals surface area contributed by atoms with E-state index in [4.69, 9.17) is 4.43 Å². The van der Waals surface area contributed by atoms with Crippen molar-refractivity contribution < 1.29 is 4.43 Å². The molecule has 0 saturated carbocycles. The SMILES string of the molecule is CCCCO[SiH2][Sn][CH2]CC. The normalized spacial score (nSPS) is 11.4. The first-order chi connectivity index (χ1) is 4.91. The number of unbranched alkanes of at least 4 members (excludes halogenated alkanes) is 1. The van der Waals surface area contributed by atoms with Gasteiger partial charge in [0.15, 0.2) is 0 Å². The molecule has 0 unspecified atom stereocenters. The second-order valence-electron chi connectivity index (χ2n) is 2.41. The van der Waals surface area contributed by atoms with Crippen LogP contribution in [0.25, 0.3) is 0 Å². The molecular weight excluding hydrogens is 247 g/mol. The van der Waals surface area contributed by atoms with Gasteiger partial charge in [0, 0.05) is 0 Å². The third kappa shape index (κ3) is 8.98. The summed E-state index contributed by atoms with van der Waals surface area (Å²) in [6.07, 6.45) is 3.96. The molecule has 1 nitrogen and oxygen atoms in total. The van der Waals surface area contributed by atoms with Crippen molar-refractivity contribution in [1.82, 2.24) is 0 Å². The predicted octanol–water partition coefficient (Wildman–Crippen LogP) is 1.33. The third-order valence-electron chi connectivity index (χ3n) is 1.27. The average Bonchev–Trinajstić information content (AvgIpc) is 1.97. The minimum absolute atomic E-state index is 0.0500. The summed E-state index contributed by atoms with van der Waals surface area (Å²) < 4.78 is 7.13. The summed E-state index contributed by atoms with van der Waals surface area (Å²) in [7, 11) is 0.0500. The number of hydrogen-bond acceptors (Lipinski definition) is 1. The van der Waals surface area contributed by atoms with Crippen LogP contribution in [0.3, 0.4) is 0 Å². The molecule has 60 valence electrons. The fourth-order valence-corrected chi connectivity index (χ4v) is 8.37. The zero-order valence-electron chi connectivity index (χ0n) is 7.15. The number of rotatable bonds is 7. The summed E-state index contributed by atoms with van der Waals surface area (Å²) in [6, 6.07) is 0. The fraction of sp³-hybridized carbons (Fsp3) is 1.00. The fourth-order valence-electron chi connectivity index (χ4n) is 0.640. The maximum absolute atomic E-state index is 5.59. The minimum atomic E-state index is 0.0500. The van der Waals surface area contributed by atoms with Crippen LogP contribution in [0.15, 0.2) is 0 Å². The van der Waals surface area contributed by atoms with Gasteiger partial charge < -0.3 is 0 Å². The van der Waals surface area contributed by atoms with Gasteiger partial charge in [-0.1, -0.05) is 0 Å². The van der Waals surface area contributed by atoms with Crippen LogP contribution >= 0.6 is 0 Å². The molecule has 0 saturated heterocycles. The van der Waals surface area contributed by atoms with Crippen molar-refractivity contribution in [2.75, 3.05) is 6.61 Å². The summed E-state index contributed by atoms with van der Waals surface area (Å²) in [5.41, 5.74) is 0. The Kier molecular flexibility index (Phi) is 10.9. The Labute approximate surface area is 76.2 Å². The van der Waals surface area contributed by atoms with Crippen LogP contribution in [0.4, 0.5) is 0 Å². The van der Waals surface area contributed by atoms with Gasteiger partial charge in [-0.2, -0.15) is 0 Å². The molecule has 0 aromatic carbocycles. The van der Waals surface area contributed by atoms with Gasteiger partial charge in [-0.3, -0.25) is 0 Å². The van der Waals surface area contributed by atoms with E-state index in [1.807, 2.05) is 0 Å². The van der Waals surface area contributed by atoms with Gasteiger partial charge in [0.05, 0.1) is 0 Å². The first-order valence-corrected chi connectivity index (χ1v) is 13.6. The molecule has 0 aliphatic heterocycles. The van der Waals surface area contributed by atoms with E-state index in [1.165, 1.54) is 19.3 Å². The summed E-state index contributed by atoms with van der Waals surface area (Å²) in [4.78, 5) is 0. The topological polar surface area (TPSA) is 9.23 Å². The van der Waals surface area contributed by atoms with E-state index in [0.29, 0.717) is 0 Å². The Morgan fingerprint density at radius 1 is 1.30 bits per heavy atom. The molecule has 0 aromatic rings. The van der Waals surface area contributed by atoms with E-state index in [0.717, 1.165) is 6.61 Å². The van der Waals surface area contributed by atoms with Gasteiger partial charge in [0.2, 0.25) is 0 Å².